The molecule has 0 radical (unpaired) electrons. The maximum Gasteiger partial charge on any atom is 0.217 e. The van der Waals surface area contributed by atoms with Crippen LogP contribution in [0.25, 0.3) is 0 Å². The Morgan fingerprint density at radius 3 is 2.33 bits per heavy atom. The Hall–Kier alpha value is -0.570. The fraction of sp³-hybridized carbons (Fsp3) is 0.818. The van der Waals surface area contributed by atoms with E-state index in [9.17, 15) is 0 Å². The van der Waals surface area contributed by atoms with E-state index in [0.717, 1.165) is 18.7 Å². The molecule has 0 atom stereocenters. The van der Waals surface area contributed by atoms with E-state index in [2.05, 4.69) is 17.1 Å². The van der Waals surface area contributed by atoms with Crippen LogP contribution in [0.5, 0.6) is 0 Å². The van der Waals surface area contributed by atoms with Crippen molar-refractivity contribution in [1.29, 1.82) is 0 Å². The fourth-order valence-electron chi connectivity index (χ4n) is 1.45. The van der Waals surface area contributed by atoms with Crippen molar-refractivity contribution in [2.45, 2.75) is 51.9 Å². The molecule has 0 spiro atoms. The molecule has 0 N–H and O–H groups in total. The number of hydrogen-bond acceptors (Lipinski definition) is 3. The molecule has 0 aromatic carbocycles. The van der Waals surface area contributed by atoms with Gasteiger partial charge in [0.25, 0.3) is 0 Å². The van der Waals surface area contributed by atoms with E-state index in [1.54, 1.807) is 0 Å². The van der Waals surface area contributed by atoms with Crippen LogP contribution in [0.1, 0.15) is 50.8 Å². The zero-order valence-corrected chi connectivity index (χ0v) is 10.1. The highest BCUT2D eigenvalue weighted by Gasteiger charge is 2.04. The minimum Gasteiger partial charge on any atom is -0.425 e. The van der Waals surface area contributed by atoms with E-state index in [-0.39, 0.29) is 0 Å². The smallest absolute Gasteiger partial charge is 0.217 e. The number of alkyl halides is 1. The van der Waals surface area contributed by atoms with E-state index in [4.69, 9.17) is 16.0 Å². The molecule has 86 valence electrons. The number of aryl methyl sites for hydroxylation is 2. The SMILES string of the molecule is CCCCCCCc1nnc(CCCl)o1. The van der Waals surface area contributed by atoms with E-state index < -0.39 is 0 Å². The standard InChI is InChI=1S/C11H19ClN2O/c1-2-3-4-5-6-7-10-13-14-11(15-10)8-9-12/h2-9H2,1H3. The third-order valence-corrected chi connectivity index (χ3v) is 2.50. The molecule has 0 unspecified atom stereocenters. The predicted molar refractivity (Wildman–Crippen MR) is 61.2 cm³/mol. The maximum atomic E-state index is 5.58. The summed E-state index contributed by atoms with van der Waals surface area (Å²) in [6.45, 7) is 2.22. The summed E-state index contributed by atoms with van der Waals surface area (Å²) in [5.74, 6) is 1.96. The van der Waals surface area contributed by atoms with Gasteiger partial charge in [0, 0.05) is 18.7 Å². The van der Waals surface area contributed by atoms with Crippen molar-refractivity contribution in [1.82, 2.24) is 10.2 Å². The second kappa shape index (κ2) is 7.69. The van der Waals surface area contributed by atoms with Crippen LogP contribution in [-0.4, -0.2) is 16.1 Å². The number of unbranched alkanes of at least 4 members (excludes halogenated alkanes) is 4. The number of aromatic nitrogens is 2. The first-order valence-corrected chi connectivity index (χ1v) is 6.27. The molecule has 15 heavy (non-hydrogen) atoms. The van der Waals surface area contributed by atoms with Gasteiger partial charge in [-0.1, -0.05) is 32.6 Å². The molecule has 0 bridgehead atoms. The van der Waals surface area contributed by atoms with Crippen molar-refractivity contribution < 1.29 is 4.42 Å². The Labute approximate surface area is 96.2 Å². The maximum absolute atomic E-state index is 5.58. The highest BCUT2D eigenvalue weighted by Crippen LogP contribution is 2.08. The van der Waals surface area contributed by atoms with Crippen LogP contribution >= 0.6 is 11.6 Å². The van der Waals surface area contributed by atoms with Gasteiger partial charge in [0.1, 0.15) is 0 Å². The summed E-state index contributed by atoms with van der Waals surface area (Å²) >= 11 is 5.58. The monoisotopic (exact) mass is 230 g/mol. The molecule has 0 amide bonds. The molecule has 0 aliphatic carbocycles. The highest BCUT2D eigenvalue weighted by atomic mass is 35.5. The molecule has 1 heterocycles. The molecule has 0 fully saturated rings. The highest BCUT2D eigenvalue weighted by molar-refractivity contribution is 6.17. The van der Waals surface area contributed by atoms with Gasteiger partial charge in [-0.25, -0.2) is 0 Å². The lowest BCUT2D eigenvalue weighted by molar-refractivity contribution is 0.444. The van der Waals surface area contributed by atoms with E-state index in [0.29, 0.717) is 18.2 Å². The summed E-state index contributed by atoms with van der Waals surface area (Å²) in [4.78, 5) is 0. The summed E-state index contributed by atoms with van der Waals surface area (Å²) in [5.41, 5.74) is 0. The molecular formula is C11H19ClN2O. The zero-order valence-electron chi connectivity index (χ0n) is 9.34. The van der Waals surface area contributed by atoms with Crippen LogP contribution in [0.2, 0.25) is 0 Å². The van der Waals surface area contributed by atoms with E-state index >= 15 is 0 Å². The molecule has 0 aliphatic rings. The first-order chi connectivity index (χ1) is 7.36. The van der Waals surface area contributed by atoms with Crippen LogP contribution in [0, 0.1) is 0 Å². The number of rotatable bonds is 8. The number of halogens is 1. The second-order valence-corrected chi connectivity index (χ2v) is 4.07. The average Bonchev–Trinajstić information content (AvgIpc) is 2.66. The van der Waals surface area contributed by atoms with Crippen LogP contribution in [0.3, 0.4) is 0 Å². The van der Waals surface area contributed by atoms with Gasteiger partial charge in [-0.2, -0.15) is 0 Å². The van der Waals surface area contributed by atoms with Gasteiger partial charge < -0.3 is 4.42 Å². The topological polar surface area (TPSA) is 38.9 Å². The van der Waals surface area contributed by atoms with Crippen molar-refractivity contribution in [2.24, 2.45) is 0 Å². The summed E-state index contributed by atoms with van der Waals surface area (Å²) in [7, 11) is 0. The molecule has 0 saturated heterocycles. The van der Waals surface area contributed by atoms with Gasteiger partial charge in [0.05, 0.1) is 0 Å². The summed E-state index contributed by atoms with van der Waals surface area (Å²) in [6, 6.07) is 0. The summed E-state index contributed by atoms with van der Waals surface area (Å²) in [6.07, 6.45) is 7.87. The third kappa shape index (κ3) is 5.17. The van der Waals surface area contributed by atoms with Gasteiger partial charge in [0.15, 0.2) is 0 Å². The largest absolute Gasteiger partial charge is 0.425 e. The second-order valence-electron chi connectivity index (χ2n) is 3.69. The number of nitrogens with zero attached hydrogens (tertiary/aromatic N) is 2. The average molecular weight is 231 g/mol. The minimum absolute atomic E-state index is 0.540. The quantitative estimate of drug-likeness (QED) is 0.508. The van der Waals surface area contributed by atoms with Gasteiger partial charge in [-0.05, 0) is 6.42 Å². The number of hydrogen-bond donors (Lipinski definition) is 0. The van der Waals surface area contributed by atoms with Crippen molar-refractivity contribution in [2.75, 3.05) is 5.88 Å². The van der Waals surface area contributed by atoms with Crippen LogP contribution in [0.4, 0.5) is 0 Å². The van der Waals surface area contributed by atoms with Crippen LogP contribution < -0.4 is 0 Å². The van der Waals surface area contributed by atoms with Crippen molar-refractivity contribution in [3.05, 3.63) is 11.8 Å². The van der Waals surface area contributed by atoms with Gasteiger partial charge >= 0.3 is 0 Å². The first kappa shape index (κ1) is 12.5. The molecular weight excluding hydrogens is 212 g/mol. The zero-order chi connectivity index (χ0) is 10.9. The molecule has 0 saturated carbocycles. The summed E-state index contributed by atoms with van der Waals surface area (Å²) in [5, 5.41) is 7.90. The van der Waals surface area contributed by atoms with Gasteiger partial charge in [-0.3, -0.25) is 0 Å². The molecule has 4 heteroatoms. The normalized spacial score (nSPS) is 10.8. The molecule has 1 rings (SSSR count). The minimum atomic E-state index is 0.540. The first-order valence-electron chi connectivity index (χ1n) is 5.74. The molecule has 0 aliphatic heterocycles. The van der Waals surface area contributed by atoms with Gasteiger partial charge in [0.2, 0.25) is 11.8 Å². The van der Waals surface area contributed by atoms with Crippen LogP contribution in [-0.2, 0) is 12.8 Å². The van der Waals surface area contributed by atoms with E-state index in [1.807, 2.05) is 0 Å². The van der Waals surface area contributed by atoms with Gasteiger partial charge in [-0.15, -0.1) is 21.8 Å². The predicted octanol–water partition coefficient (Wildman–Crippen LogP) is 3.36. The fourth-order valence-corrected chi connectivity index (χ4v) is 1.61. The lowest BCUT2D eigenvalue weighted by atomic mass is 10.1. The summed E-state index contributed by atoms with van der Waals surface area (Å²) < 4.78 is 5.42. The van der Waals surface area contributed by atoms with Crippen molar-refractivity contribution in [3.8, 4) is 0 Å². The molecule has 1 aromatic heterocycles. The van der Waals surface area contributed by atoms with Crippen LogP contribution in [0.15, 0.2) is 4.42 Å². The Morgan fingerprint density at radius 2 is 1.67 bits per heavy atom. The molecule has 3 nitrogen and oxygen atoms in total. The lowest BCUT2D eigenvalue weighted by Crippen LogP contribution is -1.86. The Bertz CT molecular complexity index is 263. The Balaban J connectivity index is 2.14. The molecule has 1 aromatic rings. The van der Waals surface area contributed by atoms with Crippen molar-refractivity contribution >= 4 is 11.6 Å². The van der Waals surface area contributed by atoms with Crippen molar-refractivity contribution in [3.63, 3.8) is 0 Å². The Kier molecular flexibility index (Phi) is 6.41. The van der Waals surface area contributed by atoms with E-state index in [1.165, 1.54) is 25.7 Å². The lowest BCUT2D eigenvalue weighted by Gasteiger charge is -1.96. The third-order valence-electron chi connectivity index (χ3n) is 2.31. The Morgan fingerprint density at radius 1 is 1.00 bits per heavy atom.